The van der Waals surface area contributed by atoms with Gasteiger partial charge in [-0.3, -0.25) is 0 Å². The molecule has 0 saturated heterocycles. The van der Waals surface area contributed by atoms with Crippen molar-refractivity contribution in [2.24, 2.45) is 0 Å². The minimum atomic E-state index is 0.436. The second-order valence-electron chi connectivity index (χ2n) is 2.82. The van der Waals surface area contributed by atoms with Crippen molar-refractivity contribution in [2.75, 3.05) is 0 Å². The van der Waals surface area contributed by atoms with Crippen LogP contribution in [0.1, 0.15) is 16.7 Å². The first-order chi connectivity index (χ1) is 5.66. The largest absolute Gasteiger partial charge is 0.316 e. The van der Waals surface area contributed by atoms with E-state index in [0.717, 1.165) is 21.7 Å². The Bertz CT molecular complexity index is 286. The van der Waals surface area contributed by atoms with E-state index in [1.807, 2.05) is 26.0 Å². The van der Waals surface area contributed by atoms with Crippen LogP contribution >= 0.6 is 11.6 Å². The van der Waals surface area contributed by atoms with E-state index in [1.165, 1.54) is 0 Å². The number of nitrogens with one attached hydrogen (secondary N) is 1. The first-order valence-electron chi connectivity index (χ1n) is 3.78. The van der Waals surface area contributed by atoms with Crippen LogP contribution in [0.4, 0.5) is 0 Å². The Labute approximate surface area is 77.1 Å². The van der Waals surface area contributed by atoms with Crippen LogP contribution in [0, 0.1) is 13.8 Å². The van der Waals surface area contributed by atoms with Gasteiger partial charge in [0.25, 0.3) is 0 Å². The van der Waals surface area contributed by atoms with Crippen LogP contribution in [0.25, 0.3) is 0 Å². The third-order valence-corrected chi connectivity index (χ3v) is 2.54. The molecule has 2 N–H and O–H groups in total. The fraction of sp³-hybridized carbons (Fsp3) is 0.333. The Balaban J connectivity index is 3.08. The molecule has 0 fully saturated rings. The molecule has 0 bridgehead atoms. The van der Waals surface area contributed by atoms with E-state index < -0.39 is 0 Å². The first kappa shape index (κ1) is 9.52. The van der Waals surface area contributed by atoms with Crippen molar-refractivity contribution < 1.29 is 5.21 Å². The fourth-order valence-electron chi connectivity index (χ4n) is 1.14. The average molecular weight is 186 g/mol. The van der Waals surface area contributed by atoms with Gasteiger partial charge in [-0.15, -0.1) is 0 Å². The van der Waals surface area contributed by atoms with E-state index in [2.05, 4.69) is 5.48 Å². The quantitative estimate of drug-likeness (QED) is 0.694. The van der Waals surface area contributed by atoms with E-state index >= 15 is 0 Å². The van der Waals surface area contributed by atoms with E-state index in [-0.39, 0.29) is 0 Å². The molecule has 0 aliphatic carbocycles. The summed E-state index contributed by atoms with van der Waals surface area (Å²) in [6.45, 7) is 4.35. The van der Waals surface area contributed by atoms with E-state index in [4.69, 9.17) is 16.8 Å². The Morgan fingerprint density at radius 1 is 1.42 bits per heavy atom. The molecule has 2 nitrogen and oxygen atoms in total. The molecule has 1 aromatic rings. The van der Waals surface area contributed by atoms with Gasteiger partial charge in [-0.25, -0.2) is 5.48 Å². The summed E-state index contributed by atoms with van der Waals surface area (Å²) in [5.74, 6) is 0. The predicted molar refractivity (Wildman–Crippen MR) is 49.6 cm³/mol. The summed E-state index contributed by atoms with van der Waals surface area (Å²) in [6.07, 6.45) is 0. The molecule has 0 amide bonds. The normalized spacial score (nSPS) is 10.3. The summed E-state index contributed by atoms with van der Waals surface area (Å²) in [5.41, 5.74) is 5.23. The van der Waals surface area contributed by atoms with Gasteiger partial charge in [0.1, 0.15) is 0 Å². The zero-order valence-corrected chi connectivity index (χ0v) is 7.94. The third kappa shape index (κ3) is 1.78. The van der Waals surface area contributed by atoms with E-state index in [0.29, 0.717) is 6.54 Å². The zero-order chi connectivity index (χ0) is 9.14. The highest BCUT2D eigenvalue weighted by molar-refractivity contribution is 6.32. The van der Waals surface area contributed by atoms with Crippen molar-refractivity contribution in [1.82, 2.24) is 5.48 Å². The number of halogens is 1. The molecule has 0 radical (unpaired) electrons. The molecule has 0 unspecified atom stereocenters. The van der Waals surface area contributed by atoms with Gasteiger partial charge in [0.2, 0.25) is 0 Å². The molecule has 0 aliphatic rings. The minimum absolute atomic E-state index is 0.436. The molecular weight excluding hydrogens is 174 g/mol. The molecule has 1 rings (SSSR count). The summed E-state index contributed by atoms with van der Waals surface area (Å²) in [6, 6.07) is 3.90. The molecule has 66 valence electrons. The summed E-state index contributed by atoms with van der Waals surface area (Å²) in [5, 5.41) is 9.29. The van der Waals surface area contributed by atoms with Crippen LogP contribution < -0.4 is 5.48 Å². The van der Waals surface area contributed by atoms with Crippen LogP contribution in [0.2, 0.25) is 5.02 Å². The van der Waals surface area contributed by atoms with Gasteiger partial charge in [0.05, 0.1) is 0 Å². The maximum atomic E-state index is 8.51. The Hall–Kier alpha value is -0.570. The zero-order valence-electron chi connectivity index (χ0n) is 7.19. The molecule has 0 heterocycles. The van der Waals surface area contributed by atoms with Crippen LogP contribution in [-0.4, -0.2) is 5.21 Å². The lowest BCUT2D eigenvalue weighted by Gasteiger charge is -2.08. The number of aryl methyl sites for hydroxylation is 1. The Morgan fingerprint density at radius 3 is 2.67 bits per heavy atom. The predicted octanol–water partition coefficient (Wildman–Crippen LogP) is 2.44. The van der Waals surface area contributed by atoms with Crippen molar-refractivity contribution in [1.29, 1.82) is 0 Å². The lowest BCUT2D eigenvalue weighted by atomic mass is 10.1. The first-order valence-corrected chi connectivity index (χ1v) is 4.16. The Kier molecular flexibility index (Phi) is 3.09. The van der Waals surface area contributed by atoms with Crippen molar-refractivity contribution in [3.8, 4) is 0 Å². The van der Waals surface area contributed by atoms with Gasteiger partial charge in [0.15, 0.2) is 0 Å². The summed E-state index contributed by atoms with van der Waals surface area (Å²) >= 11 is 6.01. The highest BCUT2D eigenvalue weighted by Crippen LogP contribution is 2.22. The highest BCUT2D eigenvalue weighted by Gasteiger charge is 2.03. The van der Waals surface area contributed by atoms with Crippen LogP contribution in [0.5, 0.6) is 0 Å². The number of hydroxylamine groups is 1. The van der Waals surface area contributed by atoms with Gasteiger partial charge >= 0.3 is 0 Å². The van der Waals surface area contributed by atoms with Crippen molar-refractivity contribution in [3.63, 3.8) is 0 Å². The van der Waals surface area contributed by atoms with E-state index in [1.54, 1.807) is 0 Å². The average Bonchev–Trinajstić information content (AvgIpc) is 2.07. The van der Waals surface area contributed by atoms with Crippen LogP contribution in [0.15, 0.2) is 12.1 Å². The van der Waals surface area contributed by atoms with E-state index in [9.17, 15) is 0 Å². The Morgan fingerprint density at radius 2 is 2.08 bits per heavy atom. The highest BCUT2D eigenvalue weighted by atomic mass is 35.5. The lowest BCUT2D eigenvalue weighted by Crippen LogP contribution is -2.07. The molecule has 3 heteroatoms. The summed E-state index contributed by atoms with van der Waals surface area (Å²) < 4.78 is 0. The molecule has 1 aromatic carbocycles. The number of rotatable bonds is 2. The maximum Gasteiger partial charge on any atom is 0.0467 e. The number of benzene rings is 1. The van der Waals surface area contributed by atoms with Crippen molar-refractivity contribution >= 4 is 11.6 Å². The molecule has 0 saturated carbocycles. The topological polar surface area (TPSA) is 32.3 Å². The van der Waals surface area contributed by atoms with Gasteiger partial charge < -0.3 is 5.21 Å². The monoisotopic (exact) mass is 185 g/mol. The maximum absolute atomic E-state index is 8.51. The number of hydrogen-bond acceptors (Lipinski definition) is 2. The fourth-order valence-corrected chi connectivity index (χ4v) is 1.32. The molecule has 0 aliphatic heterocycles. The van der Waals surface area contributed by atoms with Gasteiger partial charge in [0, 0.05) is 11.6 Å². The standard InChI is InChI=1S/C9H12ClNO/c1-6-3-4-8(5-11-12)7(2)9(6)10/h3-4,11-12H,5H2,1-2H3. The van der Waals surface area contributed by atoms with Crippen LogP contribution in [-0.2, 0) is 6.54 Å². The second-order valence-corrected chi connectivity index (χ2v) is 3.19. The molecule has 0 atom stereocenters. The van der Waals surface area contributed by atoms with Crippen LogP contribution in [0.3, 0.4) is 0 Å². The minimum Gasteiger partial charge on any atom is -0.316 e. The molecule has 0 aromatic heterocycles. The molecule has 12 heavy (non-hydrogen) atoms. The van der Waals surface area contributed by atoms with Gasteiger partial charge in [-0.05, 0) is 30.5 Å². The van der Waals surface area contributed by atoms with Crippen molar-refractivity contribution in [2.45, 2.75) is 20.4 Å². The summed E-state index contributed by atoms with van der Waals surface area (Å²) in [4.78, 5) is 0. The number of hydrogen-bond donors (Lipinski definition) is 2. The summed E-state index contributed by atoms with van der Waals surface area (Å²) in [7, 11) is 0. The van der Waals surface area contributed by atoms with Gasteiger partial charge in [-0.2, -0.15) is 0 Å². The molecular formula is C9H12ClNO. The molecule has 0 spiro atoms. The smallest absolute Gasteiger partial charge is 0.0467 e. The SMILES string of the molecule is Cc1ccc(CNO)c(C)c1Cl. The third-order valence-electron chi connectivity index (χ3n) is 1.96. The second kappa shape index (κ2) is 3.90. The van der Waals surface area contributed by atoms with Crippen molar-refractivity contribution in [3.05, 3.63) is 33.8 Å². The lowest BCUT2D eigenvalue weighted by molar-refractivity contribution is 0.161. The van der Waals surface area contributed by atoms with Gasteiger partial charge in [-0.1, -0.05) is 23.7 Å².